The molecule has 4 rings (SSSR count). The van der Waals surface area contributed by atoms with Crippen LogP contribution in [0.15, 0.2) is 55.0 Å². The average molecular weight is 277 g/mol. The van der Waals surface area contributed by atoms with Gasteiger partial charge in [-0.1, -0.05) is 18.2 Å². The van der Waals surface area contributed by atoms with Gasteiger partial charge >= 0.3 is 0 Å². The van der Waals surface area contributed by atoms with Gasteiger partial charge in [-0.05, 0) is 47.6 Å². The number of nitrogens with zero attached hydrogens (tertiary/aromatic N) is 2. The first-order valence-electron chi connectivity index (χ1n) is 7.59. The Balaban J connectivity index is 1.67. The molecule has 0 amide bonds. The van der Waals surface area contributed by atoms with Gasteiger partial charge in [0, 0.05) is 37.7 Å². The molecule has 1 aromatic carbocycles. The molecule has 1 N–H and O–H groups in total. The van der Waals surface area contributed by atoms with Gasteiger partial charge in [-0.15, -0.1) is 0 Å². The molecule has 106 valence electrons. The number of hydrogen-bond donors (Lipinski definition) is 1. The maximum absolute atomic E-state index is 4.09. The van der Waals surface area contributed by atoms with Crippen LogP contribution >= 0.6 is 0 Å². The SMILES string of the molecule is c1cc(CNC2CC2)c2c(c1)ccn2Cc1ccncc1. The minimum Gasteiger partial charge on any atom is -0.343 e. The zero-order chi connectivity index (χ0) is 14.1. The standard InChI is InChI=1S/C18H19N3/c1-2-15-8-11-21(13-14-6-9-19-10-7-14)18(15)16(3-1)12-20-17-4-5-17/h1-3,6-11,17,20H,4-5,12-13H2. The molecule has 3 heteroatoms. The van der Waals surface area contributed by atoms with Crippen molar-refractivity contribution in [3.63, 3.8) is 0 Å². The number of benzene rings is 1. The Morgan fingerprint density at radius 1 is 1.10 bits per heavy atom. The van der Waals surface area contributed by atoms with Crippen molar-refractivity contribution >= 4 is 10.9 Å². The third-order valence-electron chi connectivity index (χ3n) is 4.13. The van der Waals surface area contributed by atoms with Gasteiger partial charge in [-0.3, -0.25) is 4.98 Å². The fourth-order valence-electron chi connectivity index (χ4n) is 2.84. The molecule has 1 saturated carbocycles. The van der Waals surface area contributed by atoms with Gasteiger partial charge in [-0.2, -0.15) is 0 Å². The summed E-state index contributed by atoms with van der Waals surface area (Å²) in [6.07, 6.45) is 8.56. The molecular formula is C18H19N3. The predicted molar refractivity (Wildman–Crippen MR) is 85.1 cm³/mol. The lowest BCUT2D eigenvalue weighted by molar-refractivity contribution is 0.687. The molecule has 3 nitrogen and oxygen atoms in total. The van der Waals surface area contributed by atoms with Crippen molar-refractivity contribution in [1.29, 1.82) is 0 Å². The predicted octanol–water partition coefficient (Wildman–Crippen LogP) is 3.34. The van der Waals surface area contributed by atoms with Crippen molar-refractivity contribution in [2.45, 2.75) is 32.0 Å². The van der Waals surface area contributed by atoms with Crippen molar-refractivity contribution in [3.8, 4) is 0 Å². The zero-order valence-corrected chi connectivity index (χ0v) is 12.0. The third kappa shape index (κ3) is 2.69. The number of aromatic nitrogens is 2. The van der Waals surface area contributed by atoms with Crippen LogP contribution in [0.5, 0.6) is 0 Å². The Kier molecular flexibility index (Phi) is 3.20. The van der Waals surface area contributed by atoms with Gasteiger partial charge in [0.25, 0.3) is 0 Å². The first kappa shape index (κ1) is 12.6. The largest absolute Gasteiger partial charge is 0.343 e. The van der Waals surface area contributed by atoms with E-state index in [2.05, 4.69) is 57.5 Å². The minimum atomic E-state index is 0.740. The molecule has 21 heavy (non-hydrogen) atoms. The van der Waals surface area contributed by atoms with Crippen LogP contribution in [0, 0.1) is 0 Å². The van der Waals surface area contributed by atoms with Gasteiger partial charge in [0.05, 0.1) is 5.52 Å². The molecule has 0 radical (unpaired) electrons. The van der Waals surface area contributed by atoms with E-state index >= 15 is 0 Å². The summed E-state index contributed by atoms with van der Waals surface area (Å²) in [5, 5.41) is 4.94. The van der Waals surface area contributed by atoms with Gasteiger partial charge in [0.15, 0.2) is 0 Å². The highest BCUT2D eigenvalue weighted by molar-refractivity contribution is 5.83. The minimum absolute atomic E-state index is 0.740. The summed E-state index contributed by atoms with van der Waals surface area (Å²) in [4.78, 5) is 4.09. The number of nitrogens with one attached hydrogen (secondary N) is 1. The maximum Gasteiger partial charge on any atom is 0.0529 e. The van der Waals surface area contributed by atoms with Crippen LogP contribution in [0.25, 0.3) is 10.9 Å². The van der Waals surface area contributed by atoms with Crippen molar-refractivity contribution < 1.29 is 0 Å². The summed E-state index contributed by atoms with van der Waals surface area (Å²) < 4.78 is 2.34. The summed E-state index contributed by atoms with van der Waals surface area (Å²) >= 11 is 0. The molecule has 2 aromatic heterocycles. The lowest BCUT2D eigenvalue weighted by Crippen LogP contribution is -2.16. The third-order valence-corrected chi connectivity index (χ3v) is 4.13. The summed E-state index contributed by atoms with van der Waals surface area (Å²) in [7, 11) is 0. The Hall–Kier alpha value is -2.13. The van der Waals surface area contributed by atoms with E-state index in [1.807, 2.05) is 12.4 Å². The second-order valence-electron chi connectivity index (χ2n) is 5.81. The molecule has 1 aliphatic rings. The highest BCUT2D eigenvalue weighted by atomic mass is 15.0. The topological polar surface area (TPSA) is 29.9 Å². The summed E-state index contributed by atoms with van der Waals surface area (Å²) in [5.74, 6) is 0. The van der Waals surface area contributed by atoms with E-state index in [1.165, 1.54) is 34.9 Å². The molecule has 0 atom stereocenters. The van der Waals surface area contributed by atoms with Crippen molar-refractivity contribution in [1.82, 2.24) is 14.9 Å². The number of rotatable bonds is 5. The fraction of sp³-hybridized carbons (Fsp3) is 0.278. The van der Waals surface area contributed by atoms with Crippen LogP contribution in [0.1, 0.15) is 24.0 Å². The second kappa shape index (κ2) is 5.34. The Bertz CT molecular complexity index is 742. The molecular weight excluding hydrogens is 258 g/mol. The monoisotopic (exact) mass is 277 g/mol. The second-order valence-corrected chi connectivity index (χ2v) is 5.81. The lowest BCUT2D eigenvalue weighted by Gasteiger charge is -2.11. The van der Waals surface area contributed by atoms with E-state index in [1.54, 1.807) is 0 Å². The Morgan fingerprint density at radius 2 is 1.95 bits per heavy atom. The van der Waals surface area contributed by atoms with Crippen molar-refractivity contribution in [2.24, 2.45) is 0 Å². The van der Waals surface area contributed by atoms with Crippen LogP contribution in [0.3, 0.4) is 0 Å². The molecule has 2 heterocycles. The normalized spacial score (nSPS) is 14.7. The summed E-state index contributed by atoms with van der Waals surface area (Å²) in [5.41, 5.74) is 4.02. The average Bonchev–Trinajstić information content (AvgIpc) is 3.27. The first-order valence-corrected chi connectivity index (χ1v) is 7.59. The van der Waals surface area contributed by atoms with Crippen LogP contribution in [0.4, 0.5) is 0 Å². The molecule has 0 bridgehead atoms. The fourth-order valence-corrected chi connectivity index (χ4v) is 2.84. The maximum atomic E-state index is 4.09. The highest BCUT2D eigenvalue weighted by Gasteiger charge is 2.20. The molecule has 3 aromatic rings. The molecule has 1 aliphatic carbocycles. The van der Waals surface area contributed by atoms with E-state index < -0.39 is 0 Å². The Labute approximate surface area is 124 Å². The van der Waals surface area contributed by atoms with Crippen molar-refractivity contribution in [3.05, 3.63) is 66.1 Å². The zero-order valence-electron chi connectivity index (χ0n) is 12.0. The van der Waals surface area contributed by atoms with Crippen LogP contribution < -0.4 is 5.32 Å². The smallest absolute Gasteiger partial charge is 0.0529 e. The number of hydrogen-bond acceptors (Lipinski definition) is 2. The lowest BCUT2D eigenvalue weighted by atomic mass is 10.1. The van der Waals surface area contributed by atoms with E-state index in [4.69, 9.17) is 0 Å². The quantitative estimate of drug-likeness (QED) is 0.775. The van der Waals surface area contributed by atoms with Gasteiger partial charge < -0.3 is 9.88 Å². The molecule has 0 unspecified atom stereocenters. The van der Waals surface area contributed by atoms with E-state index in [0.717, 1.165) is 19.1 Å². The molecule has 0 saturated heterocycles. The number of pyridine rings is 1. The molecule has 0 aliphatic heterocycles. The molecule has 0 spiro atoms. The molecule has 1 fully saturated rings. The highest BCUT2D eigenvalue weighted by Crippen LogP contribution is 2.24. The van der Waals surface area contributed by atoms with Gasteiger partial charge in [0.2, 0.25) is 0 Å². The van der Waals surface area contributed by atoms with Gasteiger partial charge in [0.1, 0.15) is 0 Å². The summed E-state index contributed by atoms with van der Waals surface area (Å²) in [6.45, 7) is 1.86. The Morgan fingerprint density at radius 3 is 2.76 bits per heavy atom. The summed E-state index contributed by atoms with van der Waals surface area (Å²) in [6, 6.07) is 13.7. The number of fused-ring (bicyclic) bond motifs is 1. The van der Waals surface area contributed by atoms with Crippen molar-refractivity contribution in [2.75, 3.05) is 0 Å². The van der Waals surface area contributed by atoms with E-state index in [0.29, 0.717) is 0 Å². The van der Waals surface area contributed by atoms with Crippen LogP contribution in [-0.2, 0) is 13.1 Å². The first-order chi connectivity index (χ1) is 10.4. The van der Waals surface area contributed by atoms with E-state index in [-0.39, 0.29) is 0 Å². The number of para-hydroxylation sites is 1. The van der Waals surface area contributed by atoms with Gasteiger partial charge in [-0.25, -0.2) is 0 Å². The van der Waals surface area contributed by atoms with Crippen LogP contribution in [0.2, 0.25) is 0 Å². The van der Waals surface area contributed by atoms with Crippen LogP contribution in [-0.4, -0.2) is 15.6 Å². The van der Waals surface area contributed by atoms with E-state index in [9.17, 15) is 0 Å².